The zero-order chi connectivity index (χ0) is 7.56. The summed E-state index contributed by atoms with van der Waals surface area (Å²) in [5, 5.41) is 0. The third-order valence-corrected chi connectivity index (χ3v) is 1.29. The molecule has 0 saturated carbocycles. The van der Waals surface area contributed by atoms with Gasteiger partial charge in [-0.3, -0.25) is 0 Å². The van der Waals surface area contributed by atoms with E-state index in [0.29, 0.717) is 0 Å². The van der Waals surface area contributed by atoms with E-state index in [-0.39, 0.29) is 6.04 Å². The third-order valence-electron chi connectivity index (χ3n) is 1.29. The minimum absolute atomic E-state index is 0.204. The zero-order valence-corrected chi connectivity index (χ0v) is 6.41. The molecule has 0 aliphatic heterocycles. The highest BCUT2D eigenvalue weighted by molar-refractivity contribution is 4.97. The normalized spacial score (nSPS) is 13.5. The van der Waals surface area contributed by atoms with E-state index in [2.05, 4.69) is 4.98 Å². The molecule has 0 saturated heterocycles. The number of rotatable bonds is 2. The van der Waals surface area contributed by atoms with Crippen molar-refractivity contribution in [2.45, 2.75) is 19.4 Å². The van der Waals surface area contributed by atoms with Crippen LogP contribution in [0.25, 0.3) is 0 Å². The van der Waals surface area contributed by atoms with Gasteiger partial charge >= 0.3 is 0 Å². The van der Waals surface area contributed by atoms with Crippen molar-refractivity contribution in [3.8, 4) is 0 Å². The van der Waals surface area contributed by atoms with Crippen LogP contribution in [0.1, 0.15) is 12.6 Å². The van der Waals surface area contributed by atoms with Crippen LogP contribution in [0.2, 0.25) is 0 Å². The van der Waals surface area contributed by atoms with Gasteiger partial charge in [-0.2, -0.15) is 0 Å². The van der Waals surface area contributed by atoms with Gasteiger partial charge in [-0.15, -0.1) is 0 Å². The monoisotopic (exact) mass is 139 g/mol. The van der Waals surface area contributed by atoms with Crippen LogP contribution >= 0.6 is 0 Å². The molecule has 56 valence electrons. The Morgan fingerprint density at radius 2 is 2.50 bits per heavy atom. The molecule has 0 radical (unpaired) electrons. The Bertz CT molecular complexity index is 202. The predicted molar refractivity (Wildman–Crippen MR) is 40.6 cm³/mol. The lowest BCUT2D eigenvalue weighted by molar-refractivity contribution is 0.724. The molecule has 3 nitrogen and oxygen atoms in total. The van der Waals surface area contributed by atoms with Gasteiger partial charge in [0.15, 0.2) is 0 Å². The van der Waals surface area contributed by atoms with Crippen molar-refractivity contribution in [1.82, 2.24) is 9.55 Å². The summed E-state index contributed by atoms with van der Waals surface area (Å²) >= 11 is 0. The highest BCUT2D eigenvalue weighted by Gasteiger charge is 1.98. The van der Waals surface area contributed by atoms with Crippen molar-refractivity contribution < 1.29 is 0 Å². The van der Waals surface area contributed by atoms with Crippen molar-refractivity contribution in [3.63, 3.8) is 0 Å². The van der Waals surface area contributed by atoms with Crippen molar-refractivity contribution in [3.05, 3.63) is 18.2 Å². The second-order valence-electron chi connectivity index (χ2n) is 2.71. The Morgan fingerprint density at radius 3 is 2.90 bits per heavy atom. The van der Waals surface area contributed by atoms with Gasteiger partial charge in [0.05, 0.1) is 12.0 Å². The van der Waals surface area contributed by atoms with Gasteiger partial charge in [0, 0.05) is 25.7 Å². The molecule has 1 aromatic rings. The number of nitrogens with two attached hydrogens (primary N) is 1. The fraction of sp³-hybridized carbons (Fsp3) is 0.571. The average molecular weight is 139 g/mol. The molecule has 1 rings (SSSR count). The lowest BCUT2D eigenvalue weighted by Gasteiger charge is -1.98. The molecule has 0 bridgehead atoms. The second-order valence-corrected chi connectivity index (χ2v) is 2.71. The number of hydrogen-bond acceptors (Lipinski definition) is 2. The van der Waals surface area contributed by atoms with E-state index < -0.39 is 0 Å². The fourth-order valence-corrected chi connectivity index (χ4v) is 0.902. The molecule has 0 aliphatic carbocycles. The van der Waals surface area contributed by atoms with Crippen molar-refractivity contribution in [2.24, 2.45) is 12.8 Å². The predicted octanol–water partition coefficient (Wildman–Crippen LogP) is 0.310. The Hall–Kier alpha value is -0.830. The number of nitrogens with zero attached hydrogens (tertiary/aromatic N) is 2. The topological polar surface area (TPSA) is 43.8 Å². The number of aromatic nitrogens is 2. The smallest absolute Gasteiger partial charge is 0.0946 e. The first-order chi connectivity index (χ1) is 4.68. The summed E-state index contributed by atoms with van der Waals surface area (Å²) in [4.78, 5) is 4.14. The first-order valence-electron chi connectivity index (χ1n) is 3.41. The van der Waals surface area contributed by atoms with Crippen LogP contribution in [0.15, 0.2) is 12.5 Å². The van der Waals surface area contributed by atoms with Crippen LogP contribution in [0.5, 0.6) is 0 Å². The largest absolute Gasteiger partial charge is 0.340 e. The maximum atomic E-state index is 5.58. The van der Waals surface area contributed by atoms with Crippen LogP contribution in [0.4, 0.5) is 0 Å². The van der Waals surface area contributed by atoms with Crippen LogP contribution < -0.4 is 5.73 Å². The molecule has 0 spiro atoms. The molecule has 3 heteroatoms. The standard InChI is InChI=1S/C7H13N3/c1-6(8)3-7-4-10(2)5-9-7/h4-6H,3,8H2,1-2H3. The van der Waals surface area contributed by atoms with E-state index in [9.17, 15) is 0 Å². The molecule has 0 fully saturated rings. The molecule has 0 amide bonds. The number of aryl methyl sites for hydroxylation is 1. The molecule has 1 atom stereocenters. The maximum Gasteiger partial charge on any atom is 0.0946 e. The molecule has 0 aromatic carbocycles. The molecule has 0 aliphatic rings. The van der Waals surface area contributed by atoms with Crippen molar-refractivity contribution >= 4 is 0 Å². The first kappa shape index (κ1) is 7.28. The zero-order valence-electron chi connectivity index (χ0n) is 6.41. The maximum absolute atomic E-state index is 5.58. The van der Waals surface area contributed by atoms with Gasteiger partial charge in [0.2, 0.25) is 0 Å². The highest BCUT2D eigenvalue weighted by Crippen LogP contribution is 1.96. The molecule has 1 heterocycles. The summed E-state index contributed by atoms with van der Waals surface area (Å²) in [5.41, 5.74) is 6.65. The van der Waals surface area contributed by atoms with E-state index in [1.54, 1.807) is 6.33 Å². The van der Waals surface area contributed by atoms with Gasteiger partial charge in [0.1, 0.15) is 0 Å². The quantitative estimate of drug-likeness (QED) is 0.640. The molecule has 2 N–H and O–H groups in total. The molecular weight excluding hydrogens is 126 g/mol. The summed E-state index contributed by atoms with van der Waals surface area (Å²) in [6.45, 7) is 1.98. The SMILES string of the molecule is CC(N)Cc1cn(C)cn1. The summed E-state index contributed by atoms with van der Waals surface area (Å²) in [5.74, 6) is 0. The molecule has 1 aromatic heterocycles. The summed E-state index contributed by atoms with van der Waals surface area (Å²) < 4.78 is 1.93. The van der Waals surface area contributed by atoms with Crippen LogP contribution in [0, 0.1) is 0 Å². The summed E-state index contributed by atoms with van der Waals surface area (Å²) in [6, 6.07) is 0.204. The molecule has 10 heavy (non-hydrogen) atoms. The first-order valence-corrected chi connectivity index (χ1v) is 3.41. The van der Waals surface area contributed by atoms with E-state index in [0.717, 1.165) is 12.1 Å². The third kappa shape index (κ3) is 1.84. The molecule has 1 unspecified atom stereocenters. The minimum Gasteiger partial charge on any atom is -0.340 e. The van der Waals surface area contributed by atoms with Crippen LogP contribution in [0.3, 0.4) is 0 Å². The van der Waals surface area contributed by atoms with Gasteiger partial charge in [-0.25, -0.2) is 4.98 Å². The van der Waals surface area contributed by atoms with Gasteiger partial charge in [-0.1, -0.05) is 0 Å². The van der Waals surface area contributed by atoms with Gasteiger partial charge < -0.3 is 10.3 Å². The van der Waals surface area contributed by atoms with E-state index >= 15 is 0 Å². The Balaban J connectivity index is 2.58. The van der Waals surface area contributed by atoms with Crippen LogP contribution in [-0.4, -0.2) is 15.6 Å². The summed E-state index contributed by atoms with van der Waals surface area (Å²) in [7, 11) is 1.96. The number of hydrogen-bond donors (Lipinski definition) is 1. The fourth-order valence-electron chi connectivity index (χ4n) is 0.902. The Kier molecular flexibility index (Phi) is 2.06. The second kappa shape index (κ2) is 2.84. The van der Waals surface area contributed by atoms with Gasteiger partial charge in [-0.05, 0) is 6.92 Å². The highest BCUT2D eigenvalue weighted by atomic mass is 15.0. The Morgan fingerprint density at radius 1 is 1.80 bits per heavy atom. The average Bonchev–Trinajstić information content (AvgIpc) is 2.13. The molecular formula is C7H13N3. The lowest BCUT2D eigenvalue weighted by Crippen LogP contribution is -2.17. The van der Waals surface area contributed by atoms with E-state index in [1.807, 2.05) is 24.7 Å². The lowest BCUT2D eigenvalue weighted by atomic mass is 10.2. The van der Waals surface area contributed by atoms with Crippen molar-refractivity contribution in [2.75, 3.05) is 0 Å². The Labute approximate surface area is 60.9 Å². The van der Waals surface area contributed by atoms with E-state index in [1.165, 1.54) is 0 Å². The number of imidazole rings is 1. The minimum atomic E-state index is 0.204. The van der Waals surface area contributed by atoms with E-state index in [4.69, 9.17) is 5.73 Å². The summed E-state index contributed by atoms with van der Waals surface area (Å²) in [6.07, 6.45) is 4.64. The van der Waals surface area contributed by atoms with Crippen LogP contribution in [-0.2, 0) is 13.5 Å². The van der Waals surface area contributed by atoms with Gasteiger partial charge in [0.25, 0.3) is 0 Å². The van der Waals surface area contributed by atoms with Crippen molar-refractivity contribution in [1.29, 1.82) is 0 Å².